The maximum Gasteiger partial charge on any atom is 1.00 e. The van der Waals surface area contributed by atoms with E-state index in [0.29, 0.717) is 12.0 Å². The summed E-state index contributed by atoms with van der Waals surface area (Å²) in [5, 5.41) is 0. The molecule has 0 N–H and O–H groups in total. The van der Waals surface area contributed by atoms with Crippen molar-refractivity contribution >= 4 is 10.1 Å². The van der Waals surface area contributed by atoms with Crippen LogP contribution in [0.1, 0.15) is 250 Å². The van der Waals surface area contributed by atoms with E-state index in [0.717, 1.165) is 12.8 Å². The molecular weight excluding hydrogens is 644 g/mol. The van der Waals surface area contributed by atoms with Crippen molar-refractivity contribution in [2.24, 2.45) is 0 Å². The largest absolute Gasteiger partial charge is 1.00 e. The van der Waals surface area contributed by atoms with Gasteiger partial charge in [-0.25, -0.2) is 8.42 Å². The SMILES string of the molecule is CCCCCCCCCCCCCCCCCCCCCCCCCCCCCCCCCCCCCCCc1ccccc1S(=O)(=O)[O-].[Na+]. The maximum atomic E-state index is 11.4. The van der Waals surface area contributed by atoms with Crippen LogP contribution in [0.15, 0.2) is 29.2 Å². The van der Waals surface area contributed by atoms with Crippen molar-refractivity contribution in [3.05, 3.63) is 29.8 Å². The first-order valence-corrected chi connectivity index (χ1v) is 23.5. The van der Waals surface area contributed by atoms with Gasteiger partial charge >= 0.3 is 29.6 Å². The second-order valence-corrected chi connectivity index (χ2v) is 16.9. The molecule has 0 amide bonds. The molecule has 1 aromatic rings. The summed E-state index contributed by atoms with van der Waals surface area (Å²) in [5.74, 6) is 0. The minimum Gasteiger partial charge on any atom is -0.744 e. The Bertz CT molecular complexity index is 919. The topological polar surface area (TPSA) is 57.2 Å². The van der Waals surface area contributed by atoms with Gasteiger partial charge in [0.15, 0.2) is 0 Å². The predicted molar refractivity (Wildman–Crippen MR) is 215 cm³/mol. The first kappa shape index (κ1) is 50.1. The van der Waals surface area contributed by atoms with E-state index in [2.05, 4.69) is 6.92 Å². The van der Waals surface area contributed by atoms with Gasteiger partial charge in [-0.1, -0.05) is 256 Å². The summed E-state index contributed by atoms with van der Waals surface area (Å²) in [6, 6.07) is 6.65. The standard InChI is InChI=1S/C45H84O3S.Na/c1-2-3-4-5-6-7-8-9-10-11-12-13-14-15-16-17-18-19-20-21-22-23-24-25-26-27-28-29-30-31-32-33-34-35-36-37-38-41-44-42-39-40-43-45(44)49(46,47)48;/h39-40,42-43H,2-38,41H2,1H3,(H,46,47,48);/q;+1/p-1. The molecule has 50 heavy (non-hydrogen) atoms. The molecule has 0 bridgehead atoms. The van der Waals surface area contributed by atoms with Gasteiger partial charge in [0.1, 0.15) is 10.1 Å². The van der Waals surface area contributed by atoms with Gasteiger partial charge < -0.3 is 4.55 Å². The number of benzene rings is 1. The van der Waals surface area contributed by atoms with Gasteiger partial charge in [-0.2, -0.15) is 0 Å². The van der Waals surface area contributed by atoms with Gasteiger partial charge in [-0.05, 0) is 24.5 Å². The fourth-order valence-electron chi connectivity index (χ4n) is 7.53. The summed E-state index contributed by atoms with van der Waals surface area (Å²) in [4.78, 5) is -0.0403. The van der Waals surface area contributed by atoms with Gasteiger partial charge in [-0.15, -0.1) is 0 Å². The average Bonchev–Trinajstić information content (AvgIpc) is 3.09. The van der Waals surface area contributed by atoms with E-state index in [1.807, 2.05) is 6.07 Å². The molecule has 0 saturated heterocycles. The molecular formula is C45H83NaO3S. The molecule has 0 atom stereocenters. The molecule has 288 valence electrons. The Morgan fingerprint density at radius 1 is 0.380 bits per heavy atom. The predicted octanol–water partition coefficient (Wildman–Crippen LogP) is 12.6. The molecule has 1 rings (SSSR count). The average molecular weight is 727 g/mol. The summed E-state index contributed by atoms with van der Waals surface area (Å²) in [7, 11) is -4.37. The van der Waals surface area contributed by atoms with Crippen molar-refractivity contribution in [2.75, 3.05) is 0 Å². The Labute approximate surface area is 336 Å². The maximum absolute atomic E-state index is 11.4. The monoisotopic (exact) mass is 727 g/mol. The van der Waals surface area contributed by atoms with Gasteiger partial charge in [0, 0.05) is 0 Å². The van der Waals surface area contributed by atoms with Crippen LogP contribution in [0.4, 0.5) is 0 Å². The number of hydrogen-bond acceptors (Lipinski definition) is 3. The minimum atomic E-state index is -4.37. The normalized spacial score (nSPS) is 11.6. The molecule has 0 aliphatic rings. The van der Waals surface area contributed by atoms with Crippen LogP contribution in [0, 0.1) is 0 Å². The molecule has 0 aliphatic carbocycles. The first-order valence-electron chi connectivity index (χ1n) is 22.1. The van der Waals surface area contributed by atoms with Crippen molar-refractivity contribution < 1.29 is 42.5 Å². The van der Waals surface area contributed by atoms with Crippen molar-refractivity contribution in [3.63, 3.8) is 0 Å². The Balaban J connectivity index is 0.0000240. The Kier molecular flexibility index (Phi) is 38.9. The molecule has 0 unspecified atom stereocenters. The van der Waals surface area contributed by atoms with E-state index in [9.17, 15) is 13.0 Å². The summed E-state index contributed by atoms with van der Waals surface area (Å²) in [5.41, 5.74) is 0.675. The molecule has 0 spiro atoms. The molecule has 3 nitrogen and oxygen atoms in total. The van der Waals surface area contributed by atoms with E-state index in [1.165, 1.54) is 231 Å². The van der Waals surface area contributed by atoms with Crippen molar-refractivity contribution in [1.82, 2.24) is 0 Å². The third-order valence-corrected chi connectivity index (χ3v) is 11.7. The van der Waals surface area contributed by atoms with Crippen LogP contribution in [0.25, 0.3) is 0 Å². The first-order chi connectivity index (χ1) is 24.1. The second-order valence-electron chi connectivity index (χ2n) is 15.5. The van der Waals surface area contributed by atoms with Crippen molar-refractivity contribution in [2.45, 2.75) is 256 Å². The van der Waals surface area contributed by atoms with E-state index >= 15 is 0 Å². The van der Waals surface area contributed by atoms with Crippen LogP contribution in [0.3, 0.4) is 0 Å². The van der Waals surface area contributed by atoms with Gasteiger partial charge in [0.25, 0.3) is 0 Å². The fraction of sp³-hybridized carbons (Fsp3) is 0.867. The zero-order chi connectivity index (χ0) is 35.4. The summed E-state index contributed by atoms with van der Waals surface area (Å²) >= 11 is 0. The van der Waals surface area contributed by atoms with Gasteiger partial charge in [0.05, 0.1) is 4.90 Å². The molecule has 5 heteroatoms. The molecule has 1 aromatic carbocycles. The molecule has 0 heterocycles. The van der Waals surface area contributed by atoms with E-state index in [1.54, 1.807) is 12.1 Å². The smallest absolute Gasteiger partial charge is 0.744 e. The minimum absolute atomic E-state index is 0. The van der Waals surface area contributed by atoms with Gasteiger partial charge in [0.2, 0.25) is 0 Å². The zero-order valence-corrected chi connectivity index (χ0v) is 36.6. The number of unbranched alkanes of at least 4 members (excludes halogenated alkanes) is 36. The molecule has 0 radical (unpaired) electrons. The Morgan fingerprint density at radius 2 is 0.600 bits per heavy atom. The quantitative estimate of drug-likeness (QED) is 0.0385. The van der Waals surface area contributed by atoms with E-state index in [-0.39, 0.29) is 34.5 Å². The molecule has 0 aromatic heterocycles. The number of aryl methyl sites for hydroxylation is 1. The summed E-state index contributed by atoms with van der Waals surface area (Å²) < 4.78 is 34.2. The Morgan fingerprint density at radius 3 is 0.840 bits per heavy atom. The third kappa shape index (κ3) is 33.9. The van der Waals surface area contributed by atoms with Gasteiger partial charge in [-0.3, -0.25) is 0 Å². The second kappa shape index (κ2) is 38.8. The third-order valence-electron chi connectivity index (χ3n) is 10.8. The van der Waals surface area contributed by atoms with Crippen molar-refractivity contribution in [1.29, 1.82) is 0 Å². The molecule has 0 saturated carbocycles. The van der Waals surface area contributed by atoms with Crippen LogP contribution in [-0.2, 0) is 16.5 Å². The fourth-order valence-corrected chi connectivity index (χ4v) is 8.27. The zero-order valence-electron chi connectivity index (χ0n) is 33.8. The van der Waals surface area contributed by atoms with Crippen LogP contribution < -0.4 is 29.6 Å². The van der Waals surface area contributed by atoms with E-state index in [4.69, 9.17) is 0 Å². The summed E-state index contributed by atoms with van der Waals surface area (Å²) in [6.45, 7) is 2.30. The number of rotatable bonds is 39. The molecule has 0 aliphatic heterocycles. The van der Waals surface area contributed by atoms with Crippen LogP contribution in [0.2, 0.25) is 0 Å². The number of hydrogen-bond donors (Lipinski definition) is 0. The Hall–Kier alpha value is 0.130. The van der Waals surface area contributed by atoms with Crippen LogP contribution in [-0.4, -0.2) is 13.0 Å². The molecule has 0 fully saturated rings. The summed E-state index contributed by atoms with van der Waals surface area (Å²) in [6.07, 6.45) is 52.9. The van der Waals surface area contributed by atoms with Crippen LogP contribution in [0.5, 0.6) is 0 Å². The van der Waals surface area contributed by atoms with Crippen molar-refractivity contribution in [3.8, 4) is 0 Å². The van der Waals surface area contributed by atoms with Crippen LogP contribution >= 0.6 is 0 Å². The van der Waals surface area contributed by atoms with E-state index < -0.39 is 10.1 Å².